The van der Waals surface area contributed by atoms with E-state index < -0.39 is 5.54 Å². The van der Waals surface area contributed by atoms with Crippen LogP contribution in [-0.2, 0) is 9.53 Å². The Morgan fingerprint density at radius 3 is 2.31 bits per heavy atom. The molecule has 3 nitrogen and oxygen atoms in total. The molecule has 4 heteroatoms. The van der Waals surface area contributed by atoms with Crippen molar-refractivity contribution in [3.05, 3.63) is 0 Å². The fourth-order valence-corrected chi connectivity index (χ4v) is 2.35. The number of methoxy groups -OCH3 is 1. The number of esters is 1. The summed E-state index contributed by atoms with van der Waals surface area (Å²) in [5.41, 5.74) is -0.548. The highest BCUT2D eigenvalue weighted by Gasteiger charge is 2.40. The van der Waals surface area contributed by atoms with Crippen LogP contribution in [0.4, 0.5) is 0 Å². The van der Waals surface area contributed by atoms with Gasteiger partial charge in [0.2, 0.25) is 0 Å². The molecule has 0 aromatic heterocycles. The van der Waals surface area contributed by atoms with Gasteiger partial charge in [-0.1, -0.05) is 20.8 Å². The highest BCUT2D eigenvalue weighted by Crippen LogP contribution is 2.30. The van der Waals surface area contributed by atoms with Gasteiger partial charge >= 0.3 is 5.97 Å². The molecule has 0 aliphatic heterocycles. The van der Waals surface area contributed by atoms with E-state index in [0.717, 1.165) is 5.75 Å². The highest BCUT2D eigenvalue weighted by molar-refractivity contribution is 8.00. The lowest BCUT2D eigenvalue weighted by Crippen LogP contribution is -2.53. The van der Waals surface area contributed by atoms with E-state index in [1.54, 1.807) is 11.8 Å². The Bertz CT molecular complexity index is 258. The molecule has 0 aromatic rings. The van der Waals surface area contributed by atoms with E-state index in [9.17, 15) is 4.79 Å². The molecule has 1 N–H and O–H groups in total. The van der Waals surface area contributed by atoms with Crippen molar-refractivity contribution in [1.29, 1.82) is 0 Å². The predicted molar refractivity (Wildman–Crippen MR) is 68.8 cm³/mol. The SMILES string of the molecule is COC(=O)C(C)(CSC(C)(C)C)NC1CC1. The van der Waals surface area contributed by atoms with Crippen molar-refractivity contribution in [2.24, 2.45) is 0 Å². The third-order valence-corrected chi connectivity index (χ3v) is 4.12. The highest BCUT2D eigenvalue weighted by atomic mass is 32.2. The zero-order chi connectivity index (χ0) is 12.4. The monoisotopic (exact) mass is 245 g/mol. The fourth-order valence-electron chi connectivity index (χ4n) is 1.42. The molecular formula is C12H23NO2S. The topological polar surface area (TPSA) is 38.3 Å². The Kier molecular flexibility index (Phi) is 4.29. The van der Waals surface area contributed by atoms with Gasteiger partial charge in [-0.05, 0) is 19.8 Å². The quantitative estimate of drug-likeness (QED) is 0.754. The summed E-state index contributed by atoms with van der Waals surface area (Å²) < 4.78 is 5.06. The summed E-state index contributed by atoms with van der Waals surface area (Å²) in [7, 11) is 1.46. The van der Waals surface area contributed by atoms with E-state index in [2.05, 4.69) is 26.1 Å². The number of thioether (sulfide) groups is 1. The molecule has 0 aromatic carbocycles. The fraction of sp³-hybridized carbons (Fsp3) is 0.917. The zero-order valence-electron chi connectivity index (χ0n) is 10.9. The number of carbonyl (C=O) groups is 1. The van der Waals surface area contributed by atoms with Gasteiger partial charge in [0, 0.05) is 16.5 Å². The van der Waals surface area contributed by atoms with E-state index in [-0.39, 0.29) is 10.7 Å². The van der Waals surface area contributed by atoms with Crippen molar-refractivity contribution in [3.8, 4) is 0 Å². The molecule has 0 bridgehead atoms. The number of carbonyl (C=O) groups excluding carboxylic acids is 1. The summed E-state index contributed by atoms with van der Waals surface area (Å²) in [4.78, 5) is 11.8. The van der Waals surface area contributed by atoms with Crippen LogP contribution >= 0.6 is 11.8 Å². The van der Waals surface area contributed by atoms with Crippen LogP contribution in [0, 0.1) is 0 Å². The Morgan fingerprint density at radius 1 is 1.38 bits per heavy atom. The molecule has 0 spiro atoms. The van der Waals surface area contributed by atoms with Gasteiger partial charge in [0.1, 0.15) is 5.54 Å². The van der Waals surface area contributed by atoms with Gasteiger partial charge in [0.25, 0.3) is 0 Å². The second kappa shape index (κ2) is 4.96. The van der Waals surface area contributed by atoms with Crippen LogP contribution in [-0.4, -0.2) is 35.2 Å². The second-order valence-corrected chi connectivity index (χ2v) is 7.45. The summed E-state index contributed by atoms with van der Waals surface area (Å²) in [5, 5.41) is 3.40. The number of ether oxygens (including phenoxy) is 1. The molecule has 0 saturated heterocycles. The van der Waals surface area contributed by atoms with Crippen LogP contribution in [0.2, 0.25) is 0 Å². The molecule has 1 aliphatic rings. The summed E-state index contributed by atoms with van der Waals surface area (Å²) in [6.45, 7) is 8.42. The standard InChI is InChI=1S/C12H23NO2S/c1-11(2,3)16-8-12(4,10(14)15-5)13-9-6-7-9/h9,13H,6-8H2,1-5H3. The van der Waals surface area contributed by atoms with Crippen LogP contribution in [0.3, 0.4) is 0 Å². The van der Waals surface area contributed by atoms with E-state index in [4.69, 9.17) is 4.74 Å². The van der Waals surface area contributed by atoms with E-state index in [0.29, 0.717) is 6.04 Å². The predicted octanol–water partition coefficient (Wildman–Crippen LogP) is 2.20. The van der Waals surface area contributed by atoms with Gasteiger partial charge < -0.3 is 4.74 Å². The maximum atomic E-state index is 11.8. The van der Waals surface area contributed by atoms with Crippen LogP contribution in [0.15, 0.2) is 0 Å². The molecular weight excluding hydrogens is 222 g/mol. The number of rotatable bonds is 5. The van der Waals surface area contributed by atoms with Gasteiger partial charge in [0.05, 0.1) is 7.11 Å². The van der Waals surface area contributed by atoms with Crippen LogP contribution in [0.25, 0.3) is 0 Å². The average molecular weight is 245 g/mol. The second-order valence-electron chi connectivity index (χ2n) is 5.64. The van der Waals surface area contributed by atoms with Crippen molar-refractivity contribution >= 4 is 17.7 Å². The molecule has 16 heavy (non-hydrogen) atoms. The van der Waals surface area contributed by atoms with Crippen molar-refractivity contribution in [3.63, 3.8) is 0 Å². The first-order valence-corrected chi connectivity index (χ1v) is 6.75. The summed E-state index contributed by atoms with van der Waals surface area (Å²) >= 11 is 1.79. The van der Waals surface area contributed by atoms with E-state index in [1.807, 2.05) is 6.92 Å². The van der Waals surface area contributed by atoms with E-state index >= 15 is 0 Å². The molecule has 1 saturated carbocycles. The van der Waals surface area contributed by atoms with Gasteiger partial charge in [0.15, 0.2) is 0 Å². The Morgan fingerprint density at radius 2 is 1.94 bits per heavy atom. The summed E-state index contributed by atoms with van der Waals surface area (Å²) in [5.74, 6) is 0.593. The van der Waals surface area contributed by atoms with Crippen LogP contribution in [0.1, 0.15) is 40.5 Å². The molecule has 94 valence electrons. The average Bonchev–Trinajstić information content (AvgIpc) is 2.96. The van der Waals surface area contributed by atoms with Gasteiger partial charge in [-0.2, -0.15) is 11.8 Å². The van der Waals surface area contributed by atoms with Crippen molar-refractivity contribution in [1.82, 2.24) is 5.32 Å². The molecule has 0 amide bonds. The minimum atomic E-state index is -0.548. The van der Waals surface area contributed by atoms with Gasteiger partial charge in [-0.25, -0.2) is 0 Å². The molecule has 1 rings (SSSR count). The largest absolute Gasteiger partial charge is 0.468 e. The molecule has 0 heterocycles. The van der Waals surface area contributed by atoms with Crippen LogP contribution in [0.5, 0.6) is 0 Å². The van der Waals surface area contributed by atoms with Crippen LogP contribution < -0.4 is 5.32 Å². The maximum Gasteiger partial charge on any atom is 0.326 e. The Balaban J connectivity index is 2.58. The van der Waals surface area contributed by atoms with Crippen molar-refractivity contribution in [2.45, 2.75) is 56.9 Å². The lowest BCUT2D eigenvalue weighted by molar-refractivity contribution is -0.147. The smallest absolute Gasteiger partial charge is 0.326 e. The first-order valence-electron chi connectivity index (χ1n) is 5.77. The normalized spacial score (nSPS) is 20.3. The molecule has 1 aliphatic carbocycles. The Hall–Kier alpha value is -0.220. The van der Waals surface area contributed by atoms with Crippen molar-refractivity contribution < 1.29 is 9.53 Å². The number of nitrogens with one attached hydrogen (secondary N) is 1. The molecule has 1 unspecified atom stereocenters. The van der Waals surface area contributed by atoms with Gasteiger partial charge in [-0.3, -0.25) is 10.1 Å². The first kappa shape index (κ1) is 13.8. The first-order chi connectivity index (χ1) is 7.27. The lowest BCUT2D eigenvalue weighted by Gasteiger charge is -2.30. The number of hydrogen-bond donors (Lipinski definition) is 1. The van der Waals surface area contributed by atoms with E-state index in [1.165, 1.54) is 20.0 Å². The molecule has 0 radical (unpaired) electrons. The lowest BCUT2D eigenvalue weighted by atomic mass is 10.1. The zero-order valence-corrected chi connectivity index (χ0v) is 11.7. The third-order valence-electron chi connectivity index (χ3n) is 2.53. The third kappa shape index (κ3) is 4.34. The molecule has 1 fully saturated rings. The number of hydrogen-bond acceptors (Lipinski definition) is 4. The minimum Gasteiger partial charge on any atom is -0.468 e. The molecule has 1 atom stereocenters. The maximum absolute atomic E-state index is 11.8. The summed E-state index contributed by atoms with van der Waals surface area (Å²) in [6, 6.07) is 0.504. The summed E-state index contributed by atoms with van der Waals surface area (Å²) in [6.07, 6.45) is 2.35. The minimum absolute atomic E-state index is 0.156. The Labute approximate surface area is 103 Å². The van der Waals surface area contributed by atoms with Crippen molar-refractivity contribution in [2.75, 3.05) is 12.9 Å². The van der Waals surface area contributed by atoms with Gasteiger partial charge in [-0.15, -0.1) is 0 Å².